The first kappa shape index (κ1) is 27.7. The van der Waals surface area contributed by atoms with Gasteiger partial charge in [-0.15, -0.1) is 0 Å². The van der Waals surface area contributed by atoms with E-state index in [1.165, 1.54) is 19.3 Å². The van der Waals surface area contributed by atoms with Crippen LogP contribution in [0.3, 0.4) is 0 Å². The van der Waals surface area contributed by atoms with Gasteiger partial charge in [0.2, 0.25) is 11.8 Å². The van der Waals surface area contributed by atoms with Gasteiger partial charge in [-0.25, -0.2) is 9.97 Å². The monoisotopic (exact) mass is 541 g/mol. The second-order valence-electron chi connectivity index (χ2n) is 9.65. The summed E-state index contributed by atoms with van der Waals surface area (Å²) in [6.45, 7) is 4.17. The average Bonchev–Trinajstić information content (AvgIpc) is 2.91. The van der Waals surface area contributed by atoms with E-state index in [1.54, 1.807) is 18.5 Å². The van der Waals surface area contributed by atoms with Crippen LogP contribution in [0, 0.1) is 16.7 Å². The molecule has 1 saturated carbocycles. The van der Waals surface area contributed by atoms with E-state index in [1.807, 2.05) is 25.3 Å². The summed E-state index contributed by atoms with van der Waals surface area (Å²) in [6.07, 6.45) is 12.1. The van der Waals surface area contributed by atoms with E-state index in [2.05, 4.69) is 25.9 Å². The van der Waals surface area contributed by atoms with Crippen molar-refractivity contribution in [3.8, 4) is 16.9 Å². The molecule has 1 aromatic carbocycles. The molecular weight excluding hydrogens is 506 g/mol. The predicted molar refractivity (Wildman–Crippen MR) is 149 cm³/mol. The predicted octanol–water partition coefficient (Wildman–Crippen LogP) is 4.58. The highest BCUT2D eigenvalue weighted by Gasteiger charge is 2.21. The molecule has 1 aromatic heterocycles. The number of benzene rings is 1. The fourth-order valence-electron chi connectivity index (χ4n) is 4.21. The molecule has 2 aromatic rings. The largest absolute Gasteiger partial charge is 0.487 e. The molecule has 5 N–H and O–H groups in total. The van der Waals surface area contributed by atoms with Crippen molar-refractivity contribution in [2.24, 2.45) is 5.92 Å². The molecule has 0 radical (unpaired) electrons. The molecular formula is C27H36ClN7O3. The molecule has 2 fully saturated rings. The maximum atomic E-state index is 8.49. The van der Waals surface area contributed by atoms with Crippen molar-refractivity contribution in [1.29, 1.82) is 10.8 Å². The summed E-state index contributed by atoms with van der Waals surface area (Å²) >= 11 is 6.34. The van der Waals surface area contributed by atoms with Gasteiger partial charge in [0.25, 0.3) is 0 Å². The Hall–Kier alpha value is -3.37. The molecule has 11 heteroatoms. The van der Waals surface area contributed by atoms with E-state index in [9.17, 15) is 0 Å². The van der Waals surface area contributed by atoms with Crippen molar-refractivity contribution in [2.45, 2.75) is 51.2 Å². The van der Waals surface area contributed by atoms with Gasteiger partial charge >= 0.3 is 0 Å². The topological polar surface area (TPSA) is 137 Å². The SMILES string of the molecule is C[C@@H](CNC=N)Oc1cc(-c2cnc(N/C(=C/NC3CCCCC3)C(=N)OCC3COC3)nc2)ccc1Cl. The quantitative estimate of drug-likeness (QED) is 0.183. The van der Waals surface area contributed by atoms with Gasteiger partial charge in [0, 0.05) is 36.1 Å². The summed E-state index contributed by atoms with van der Waals surface area (Å²) in [6, 6.07) is 5.90. The number of nitrogens with one attached hydrogen (secondary N) is 5. The minimum Gasteiger partial charge on any atom is -0.487 e. The van der Waals surface area contributed by atoms with E-state index in [0.717, 1.165) is 30.3 Å². The van der Waals surface area contributed by atoms with Crippen LogP contribution in [-0.2, 0) is 9.47 Å². The van der Waals surface area contributed by atoms with Crippen LogP contribution in [0.1, 0.15) is 39.0 Å². The summed E-state index contributed by atoms with van der Waals surface area (Å²) in [7, 11) is 0. The van der Waals surface area contributed by atoms with E-state index in [0.29, 0.717) is 60.7 Å². The summed E-state index contributed by atoms with van der Waals surface area (Å²) in [4.78, 5) is 8.95. The smallest absolute Gasteiger partial charge is 0.231 e. The minimum absolute atomic E-state index is 0.0407. The third-order valence-electron chi connectivity index (χ3n) is 6.48. The zero-order valence-corrected chi connectivity index (χ0v) is 22.4. The third kappa shape index (κ3) is 8.06. The van der Waals surface area contributed by atoms with Crippen molar-refractivity contribution in [3.05, 3.63) is 47.5 Å². The second kappa shape index (κ2) is 14.0. The Bertz CT molecular complexity index is 1100. The molecule has 10 nitrogen and oxygen atoms in total. The molecule has 0 spiro atoms. The van der Waals surface area contributed by atoms with Gasteiger partial charge in [-0.3, -0.25) is 10.8 Å². The summed E-state index contributed by atoms with van der Waals surface area (Å²) in [5.41, 5.74) is 2.14. The Labute approximate surface area is 228 Å². The van der Waals surface area contributed by atoms with Crippen LogP contribution in [0.25, 0.3) is 11.1 Å². The molecule has 1 aliphatic carbocycles. The first-order valence-corrected chi connectivity index (χ1v) is 13.4. The summed E-state index contributed by atoms with van der Waals surface area (Å²) < 4.78 is 16.9. The molecule has 4 rings (SSSR count). The lowest BCUT2D eigenvalue weighted by Gasteiger charge is -2.26. The molecule has 1 atom stereocenters. The molecule has 204 valence electrons. The van der Waals surface area contributed by atoms with Crippen molar-refractivity contribution in [3.63, 3.8) is 0 Å². The van der Waals surface area contributed by atoms with Gasteiger partial charge in [-0.1, -0.05) is 36.9 Å². The van der Waals surface area contributed by atoms with Crippen molar-refractivity contribution < 1.29 is 14.2 Å². The van der Waals surface area contributed by atoms with E-state index < -0.39 is 0 Å². The van der Waals surface area contributed by atoms with Crippen LogP contribution in [0.4, 0.5) is 5.95 Å². The lowest BCUT2D eigenvalue weighted by molar-refractivity contribution is -0.0529. The van der Waals surface area contributed by atoms with E-state index in [-0.39, 0.29) is 12.0 Å². The number of hydrogen-bond donors (Lipinski definition) is 5. The second-order valence-corrected chi connectivity index (χ2v) is 10.1. The van der Waals surface area contributed by atoms with Gasteiger partial charge < -0.3 is 30.2 Å². The van der Waals surface area contributed by atoms with Crippen LogP contribution in [-0.4, -0.2) is 60.7 Å². The van der Waals surface area contributed by atoms with Gasteiger partial charge in [0.1, 0.15) is 17.6 Å². The number of hydrogen-bond acceptors (Lipinski definition) is 9. The standard InChI is InChI=1S/C27H36ClN7O3/c1-18(10-31-17-29)38-25-9-20(7-8-23(25)28)21-11-33-27(34-12-21)35-24(13-32-22-5-3-2-4-6-22)26(30)37-16-19-14-36-15-19/h7-9,11-13,17-19,22,30,32H,2-6,10,14-16H2,1H3,(H2,29,31)(H,33,34,35)/b24-13+,30-26?/t18-/m0/s1. The lowest BCUT2D eigenvalue weighted by atomic mass is 9.96. The highest BCUT2D eigenvalue weighted by molar-refractivity contribution is 6.32. The highest BCUT2D eigenvalue weighted by Crippen LogP contribution is 2.31. The maximum Gasteiger partial charge on any atom is 0.231 e. The Morgan fingerprint density at radius 1 is 1.18 bits per heavy atom. The zero-order chi connectivity index (χ0) is 26.7. The fraction of sp³-hybridized carbons (Fsp3) is 0.481. The van der Waals surface area contributed by atoms with Gasteiger partial charge in [0.05, 0.1) is 37.7 Å². The lowest BCUT2D eigenvalue weighted by Crippen LogP contribution is -2.33. The van der Waals surface area contributed by atoms with E-state index in [4.69, 9.17) is 36.6 Å². The number of anilines is 1. The molecule has 0 bridgehead atoms. The van der Waals surface area contributed by atoms with Crippen molar-refractivity contribution >= 4 is 29.8 Å². The van der Waals surface area contributed by atoms with Crippen LogP contribution < -0.4 is 20.7 Å². The molecule has 0 amide bonds. The average molecular weight is 542 g/mol. The number of nitrogens with zero attached hydrogens (tertiary/aromatic N) is 2. The zero-order valence-electron chi connectivity index (χ0n) is 21.6. The first-order chi connectivity index (χ1) is 18.5. The Kier molecular flexibility index (Phi) is 10.2. The van der Waals surface area contributed by atoms with Crippen LogP contribution in [0.15, 0.2) is 42.5 Å². The Morgan fingerprint density at radius 3 is 2.63 bits per heavy atom. The normalized spacial score (nSPS) is 17.2. The number of rotatable bonds is 13. The first-order valence-electron chi connectivity index (χ1n) is 13.1. The molecule has 2 aliphatic rings. The molecule has 1 aliphatic heterocycles. The van der Waals surface area contributed by atoms with Gasteiger partial charge in [0.15, 0.2) is 0 Å². The number of halogens is 1. The Balaban J connectivity index is 1.43. The van der Waals surface area contributed by atoms with Crippen LogP contribution in [0.5, 0.6) is 5.75 Å². The van der Waals surface area contributed by atoms with Gasteiger partial charge in [-0.2, -0.15) is 0 Å². The van der Waals surface area contributed by atoms with Crippen LogP contribution >= 0.6 is 11.6 Å². The summed E-state index contributed by atoms with van der Waals surface area (Å²) in [5, 5.41) is 25.5. The van der Waals surface area contributed by atoms with Crippen molar-refractivity contribution in [2.75, 3.05) is 31.7 Å². The number of aromatic nitrogens is 2. The summed E-state index contributed by atoms with van der Waals surface area (Å²) in [5.74, 6) is 1.27. The van der Waals surface area contributed by atoms with Gasteiger partial charge in [-0.05, 0) is 37.5 Å². The molecule has 38 heavy (non-hydrogen) atoms. The minimum atomic E-state index is -0.172. The highest BCUT2D eigenvalue weighted by atomic mass is 35.5. The van der Waals surface area contributed by atoms with E-state index >= 15 is 0 Å². The number of ether oxygens (including phenoxy) is 3. The molecule has 0 unspecified atom stereocenters. The third-order valence-corrected chi connectivity index (χ3v) is 6.79. The van der Waals surface area contributed by atoms with Crippen molar-refractivity contribution in [1.82, 2.24) is 20.6 Å². The maximum absolute atomic E-state index is 8.49. The molecule has 1 saturated heterocycles. The molecule has 2 heterocycles. The Morgan fingerprint density at radius 2 is 1.95 bits per heavy atom. The van der Waals surface area contributed by atoms with Crippen LogP contribution in [0.2, 0.25) is 5.02 Å². The fourth-order valence-corrected chi connectivity index (χ4v) is 4.37.